The molecule has 170 valence electrons. The van der Waals surface area contributed by atoms with Crippen LogP contribution in [0.3, 0.4) is 0 Å². The lowest BCUT2D eigenvalue weighted by atomic mass is 9.94. The zero-order chi connectivity index (χ0) is 22.9. The minimum Gasteiger partial charge on any atom is -0.346 e. The summed E-state index contributed by atoms with van der Waals surface area (Å²) in [6.45, 7) is 2.97. The van der Waals surface area contributed by atoms with Crippen molar-refractivity contribution < 1.29 is 9.59 Å². The number of rotatable bonds is 4. The number of amides is 2. The summed E-state index contributed by atoms with van der Waals surface area (Å²) in [5, 5.41) is 3.16. The van der Waals surface area contributed by atoms with Crippen molar-refractivity contribution in [2.24, 2.45) is 0 Å². The van der Waals surface area contributed by atoms with Gasteiger partial charge in [0.1, 0.15) is 0 Å². The summed E-state index contributed by atoms with van der Waals surface area (Å²) in [5.41, 5.74) is 4.40. The number of likely N-dealkylation sites (tertiary alicyclic amines) is 1. The average Bonchev–Trinajstić information content (AvgIpc) is 3.45. The SMILES string of the molecule is CN1CCc2cc(C(=O)N3C[C@H](NC(=O)c4ccc(Cl)s4)[C@@H](c4ccccc4)C3)ccc2C1. The zero-order valence-corrected chi connectivity index (χ0v) is 20.0. The molecule has 0 radical (unpaired) electrons. The van der Waals surface area contributed by atoms with Gasteiger partial charge in [-0.3, -0.25) is 9.59 Å². The van der Waals surface area contributed by atoms with Gasteiger partial charge in [-0.1, -0.05) is 48.0 Å². The highest BCUT2D eigenvalue weighted by molar-refractivity contribution is 7.18. The van der Waals surface area contributed by atoms with Gasteiger partial charge in [0.05, 0.1) is 15.3 Å². The van der Waals surface area contributed by atoms with E-state index in [9.17, 15) is 9.59 Å². The van der Waals surface area contributed by atoms with Crippen LogP contribution in [0.25, 0.3) is 0 Å². The Labute approximate surface area is 203 Å². The Morgan fingerprint density at radius 3 is 2.61 bits per heavy atom. The Bertz CT molecular complexity index is 1180. The van der Waals surface area contributed by atoms with E-state index in [4.69, 9.17) is 11.6 Å². The Morgan fingerprint density at radius 1 is 1.03 bits per heavy atom. The Kier molecular flexibility index (Phi) is 6.23. The molecule has 0 saturated carbocycles. The summed E-state index contributed by atoms with van der Waals surface area (Å²) >= 11 is 7.28. The van der Waals surface area contributed by atoms with E-state index < -0.39 is 0 Å². The third kappa shape index (κ3) is 4.69. The second-order valence-electron chi connectivity index (χ2n) is 8.88. The maximum atomic E-state index is 13.5. The highest BCUT2D eigenvalue weighted by atomic mass is 35.5. The molecule has 3 aromatic rings. The van der Waals surface area contributed by atoms with Gasteiger partial charge in [-0.2, -0.15) is 0 Å². The molecule has 33 heavy (non-hydrogen) atoms. The highest BCUT2D eigenvalue weighted by Crippen LogP contribution is 2.30. The number of likely N-dealkylation sites (N-methyl/N-ethyl adjacent to an activating group) is 1. The molecule has 0 spiro atoms. The minimum atomic E-state index is -0.170. The molecule has 5 nitrogen and oxygen atoms in total. The van der Waals surface area contributed by atoms with E-state index in [2.05, 4.69) is 41.5 Å². The first-order chi connectivity index (χ1) is 16.0. The molecule has 5 rings (SSSR count). The molecule has 2 atom stereocenters. The summed E-state index contributed by atoms with van der Waals surface area (Å²) < 4.78 is 0.585. The van der Waals surface area contributed by atoms with Crippen LogP contribution < -0.4 is 5.32 Å². The molecule has 0 unspecified atom stereocenters. The fourth-order valence-electron chi connectivity index (χ4n) is 4.84. The van der Waals surface area contributed by atoms with E-state index in [0.717, 1.165) is 30.6 Å². The molecule has 1 saturated heterocycles. The predicted molar refractivity (Wildman–Crippen MR) is 132 cm³/mol. The largest absolute Gasteiger partial charge is 0.346 e. The summed E-state index contributed by atoms with van der Waals surface area (Å²) in [7, 11) is 2.12. The van der Waals surface area contributed by atoms with Crippen molar-refractivity contribution in [2.75, 3.05) is 26.7 Å². The lowest BCUT2D eigenvalue weighted by Gasteiger charge is -2.25. The summed E-state index contributed by atoms with van der Waals surface area (Å²) in [4.78, 5) is 31.1. The molecule has 1 fully saturated rings. The molecule has 1 aromatic heterocycles. The van der Waals surface area contributed by atoms with Crippen LogP contribution in [0, 0.1) is 0 Å². The standard InChI is InChI=1S/C26H26ClN3O2S/c1-29-12-11-18-13-19(7-8-20(18)14-29)26(32)30-15-21(17-5-3-2-4-6-17)22(16-30)28-25(31)23-9-10-24(27)33-23/h2-10,13,21-22H,11-12,14-16H2,1H3,(H,28,31)/t21-,22+/m1/s1. The third-order valence-electron chi connectivity index (χ3n) is 6.60. The number of halogens is 1. The zero-order valence-electron chi connectivity index (χ0n) is 18.5. The fourth-order valence-corrected chi connectivity index (χ4v) is 5.79. The van der Waals surface area contributed by atoms with Crippen molar-refractivity contribution in [2.45, 2.75) is 24.9 Å². The molecule has 2 amide bonds. The topological polar surface area (TPSA) is 52.7 Å². The van der Waals surface area contributed by atoms with Gasteiger partial charge in [-0.15, -0.1) is 11.3 Å². The van der Waals surface area contributed by atoms with Crippen LogP contribution in [0.5, 0.6) is 0 Å². The molecular formula is C26H26ClN3O2S. The molecule has 7 heteroatoms. The van der Waals surface area contributed by atoms with Gasteiger partial charge in [-0.25, -0.2) is 0 Å². The number of hydrogen-bond donors (Lipinski definition) is 1. The van der Waals surface area contributed by atoms with Gasteiger partial charge in [0, 0.05) is 37.7 Å². The van der Waals surface area contributed by atoms with Crippen LogP contribution in [0.15, 0.2) is 60.7 Å². The monoisotopic (exact) mass is 479 g/mol. The van der Waals surface area contributed by atoms with E-state index >= 15 is 0 Å². The van der Waals surface area contributed by atoms with Crippen LogP contribution in [0.1, 0.15) is 42.6 Å². The number of hydrogen-bond acceptors (Lipinski definition) is 4. The summed E-state index contributed by atoms with van der Waals surface area (Å²) in [6.07, 6.45) is 0.960. The van der Waals surface area contributed by atoms with Crippen LogP contribution >= 0.6 is 22.9 Å². The van der Waals surface area contributed by atoms with E-state index in [1.165, 1.54) is 22.5 Å². The fraction of sp³-hybridized carbons (Fsp3) is 0.308. The van der Waals surface area contributed by atoms with Crippen LogP contribution in [-0.2, 0) is 13.0 Å². The lowest BCUT2D eigenvalue weighted by molar-refractivity contribution is 0.0782. The van der Waals surface area contributed by atoms with Gasteiger partial charge in [0.15, 0.2) is 0 Å². The van der Waals surface area contributed by atoms with E-state index in [1.807, 2.05) is 29.2 Å². The highest BCUT2D eigenvalue weighted by Gasteiger charge is 2.37. The van der Waals surface area contributed by atoms with Gasteiger partial charge in [-0.05, 0) is 54.4 Å². The van der Waals surface area contributed by atoms with Gasteiger partial charge < -0.3 is 15.1 Å². The minimum absolute atomic E-state index is 0.0218. The normalized spacial score (nSPS) is 20.5. The molecule has 2 aliphatic heterocycles. The second kappa shape index (κ2) is 9.29. The van der Waals surface area contributed by atoms with E-state index in [0.29, 0.717) is 22.3 Å². The quantitative estimate of drug-likeness (QED) is 0.602. The lowest BCUT2D eigenvalue weighted by Crippen LogP contribution is -2.40. The number of nitrogens with zero attached hydrogens (tertiary/aromatic N) is 2. The second-order valence-corrected chi connectivity index (χ2v) is 10.6. The third-order valence-corrected chi connectivity index (χ3v) is 7.83. The average molecular weight is 480 g/mol. The van der Waals surface area contributed by atoms with E-state index in [1.54, 1.807) is 12.1 Å². The molecule has 0 bridgehead atoms. The maximum Gasteiger partial charge on any atom is 0.261 e. The molecule has 0 aliphatic carbocycles. The van der Waals surface area contributed by atoms with Crippen molar-refractivity contribution in [3.63, 3.8) is 0 Å². The van der Waals surface area contributed by atoms with Gasteiger partial charge in [0.2, 0.25) is 0 Å². The van der Waals surface area contributed by atoms with Gasteiger partial charge >= 0.3 is 0 Å². The van der Waals surface area contributed by atoms with Crippen LogP contribution in [0.2, 0.25) is 4.34 Å². The molecular weight excluding hydrogens is 454 g/mol. The first-order valence-electron chi connectivity index (χ1n) is 11.2. The summed E-state index contributed by atoms with van der Waals surface area (Å²) in [6, 6.07) is 19.5. The van der Waals surface area contributed by atoms with E-state index in [-0.39, 0.29) is 23.8 Å². The van der Waals surface area contributed by atoms with Crippen LogP contribution in [-0.4, -0.2) is 54.3 Å². The number of benzene rings is 2. The molecule has 2 aromatic carbocycles. The number of thiophene rings is 1. The number of carbonyl (C=O) groups is 2. The number of carbonyl (C=O) groups excluding carboxylic acids is 2. The van der Waals surface area contributed by atoms with Crippen molar-refractivity contribution in [3.8, 4) is 0 Å². The van der Waals surface area contributed by atoms with Crippen LogP contribution in [0.4, 0.5) is 0 Å². The maximum absolute atomic E-state index is 13.5. The Hall–Kier alpha value is -2.67. The van der Waals surface area contributed by atoms with Crippen molar-refractivity contribution >= 4 is 34.8 Å². The van der Waals surface area contributed by atoms with Crippen molar-refractivity contribution in [1.29, 1.82) is 0 Å². The first kappa shape index (κ1) is 22.1. The first-order valence-corrected chi connectivity index (χ1v) is 12.4. The number of fused-ring (bicyclic) bond motifs is 1. The van der Waals surface area contributed by atoms with Crippen molar-refractivity contribution in [3.05, 3.63) is 92.1 Å². The Balaban J connectivity index is 1.37. The Morgan fingerprint density at radius 2 is 1.85 bits per heavy atom. The molecule has 3 heterocycles. The number of nitrogens with one attached hydrogen (secondary N) is 1. The smallest absolute Gasteiger partial charge is 0.261 e. The van der Waals surface area contributed by atoms with Gasteiger partial charge in [0.25, 0.3) is 11.8 Å². The molecule has 1 N–H and O–H groups in total. The van der Waals surface area contributed by atoms with Crippen molar-refractivity contribution in [1.82, 2.24) is 15.1 Å². The summed E-state index contributed by atoms with van der Waals surface area (Å²) in [5.74, 6) is -0.0978. The predicted octanol–water partition coefficient (Wildman–Crippen LogP) is 4.43. The molecule has 2 aliphatic rings.